The summed E-state index contributed by atoms with van der Waals surface area (Å²) in [5.74, 6) is 2.39. The summed E-state index contributed by atoms with van der Waals surface area (Å²) in [4.78, 5) is 42.8. The molecule has 3 fully saturated rings. The number of fused-ring (bicyclic) bond motifs is 1. The minimum atomic E-state index is -4.51. The van der Waals surface area contributed by atoms with Gasteiger partial charge in [0.05, 0.1) is 6.10 Å². The van der Waals surface area contributed by atoms with Crippen LogP contribution in [0, 0.1) is 25.7 Å². The standard InChI is InChI=1S/C25H34N5O5P/c1-15-3-4-17(9-16(15)2)11-26-23-22(12-27-25(29-23)30-13-18-10-19(18)14-30)24(31)28-20-5-7-21(8-6-20)35-36(32,33)34/h3-4,9,12,18-21H,5-8,10-11,13-14H2,1-2H3,(H,28,31)(H,26,27,29)(H2,32,33,34)/t18?,19?,20-,21-. The second-order valence-electron chi connectivity index (χ2n) is 10.4. The number of phosphoric acid groups is 1. The molecule has 36 heavy (non-hydrogen) atoms. The van der Waals surface area contributed by atoms with Crippen LogP contribution in [-0.4, -0.2) is 50.9 Å². The lowest BCUT2D eigenvalue weighted by Crippen LogP contribution is -2.39. The Morgan fingerprint density at radius 2 is 1.86 bits per heavy atom. The molecule has 2 atom stereocenters. The molecule has 11 heteroatoms. The fourth-order valence-electron chi connectivity index (χ4n) is 5.26. The molecular formula is C25H34N5O5P. The van der Waals surface area contributed by atoms with Crippen molar-refractivity contribution >= 4 is 25.5 Å². The Hall–Kier alpha value is -2.52. The Bertz CT molecular complexity index is 1170. The highest BCUT2D eigenvalue weighted by Crippen LogP contribution is 2.45. The summed E-state index contributed by atoms with van der Waals surface area (Å²) in [6, 6.07) is 6.20. The number of nitrogens with zero attached hydrogens (tertiary/aromatic N) is 3. The van der Waals surface area contributed by atoms with Crippen LogP contribution >= 0.6 is 7.82 Å². The lowest BCUT2D eigenvalue weighted by molar-refractivity contribution is 0.0820. The van der Waals surface area contributed by atoms with Gasteiger partial charge in [-0.15, -0.1) is 0 Å². The fraction of sp³-hybridized carbons (Fsp3) is 0.560. The Morgan fingerprint density at radius 1 is 1.14 bits per heavy atom. The molecule has 10 nitrogen and oxygen atoms in total. The fourth-order valence-corrected chi connectivity index (χ4v) is 5.86. The van der Waals surface area contributed by atoms with E-state index in [9.17, 15) is 9.36 Å². The Labute approximate surface area is 211 Å². The van der Waals surface area contributed by atoms with E-state index in [0.717, 1.165) is 30.5 Å². The first-order valence-electron chi connectivity index (χ1n) is 12.6. The first-order chi connectivity index (χ1) is 17.1. The maximum Gasteiger partial charge on any atom is 0.469 e. The molecule has 2 saturated carbocycles. The van der Waals surface area contributed by atoms with Gasteiger partial charge in [0.15, 0.2) is 0 Å². The van der Waals surface area contributed by atoms with Crippen LogP contribution in [0.5, 0.6) is 0 Å². The third-order valence-electron chi connectivity index (χ3n) is 7.61. The number of anilines is 2. The number of phosphoric ester groups is 1. The SMILES string of the molecule is Cc1ccc(CNc2nc(N3CC4CC4C3)ncc2C(=O)N[C@H]2CC[C@H](OP(=O)(O)O)CC2)cc1C. The highest BCUT2D eigenvalue weighted by molar-refractivity contribution is 7.46. The van der Waals surface area contributed by atoms with Crippen LogP contribution in [0.4, 0.5) is 11.8 Å². The van der Waals surface area contributed by atoms with Gasteiger partial charge in [0.2, 0.25) is 5.95 Å². The lowest BCUT2D eigenvalue weighted by Gasteiger charge is -2.29. The zero-order chi connectivity index (χ0) is 25.4. The van der Waals surface area contributed by atoms with Gasteiger partial charge in [-0.05, 0) is 74.5 Å². The molecular weight excluding hydrogens is 481 g/mol. The molecule has 0 radical (unpaired) electrons. The minimum absolute atomic E-state index is 0.105. The van der Waals surface area contributed by atoms with E-state index in [4.69, 9.17) is 19.3 Å². The van der Waals surface area contributed by atoms with Crippen LogP contribution < -0.4 is 15.5 Å². The van der Waals surface area contributed by atoms with E-state index >= 15 is 0 Å². The monoisotopic (exact) mass is 515 g/mol. The van der Waals surface area contributed by atoms with Crippen molar-refractivity contribution in [2.75, 3.05) is 23.3 Å². The number of benzene rings is 1. The number of nitrogens with one attached hydrogen (secondary N) is 2. The summed E-state index contributed by atoms with van der Waals surface area (Å²) in [6.45, 7) is 6.63. The van der Waals surface area contributed by atoms with E-state index < -0.39 is 13.9 Å². The van der Waals surface area contributed by atoms with E-state index in [1.54, 1.807) is 6.20 Å². The van der Waals surface area contributed by atoms with Crippen molar-refractivity contribution in [3.63, 3.8) is 0 Å². The van der Waals surface area contributed by atoms with Crippen molar-refractivity contribution in [1.82, 2.24) is 15.3 Å². The predicted octanol–water partition coefficient (Wildman–Crippen LogP) is 3.31. The number of hydrogen-bond acceptors (Lipinski definition) is 7. The maximum absolute atomic E-state index is 13.2. The molecule has 1 amide bonds. The third-order valence-corrected chi connectivity index (χ3v) is 8.18. The number of amides is 1. The molecule has 2 aromatic rings. The summed E-state index contributed by atoms with van der Waals surface area (Å²) in [7, 11) is -4.51. The van der Waals surface area contributed by atoms with Gasteiger partial charge in [-0.1, -0.05) is 18.2 Å². The van der Waals surface area contributed by atoms with Gasteiger partial charge in [-0.2, -0.15) is 4.98 Å². The van der Waals surface area contributed by atoms with E-state index in [1.807, 2.05) is 0 Å². The Morgan fingerprint density at radius 3 is 2.53 bits per heavy atom. The summed E-state index contributed by atoms with van der Waals surface area (Å²) in [5.41, 5.74) is 3.94. The van der Waals surface area contributed by atoms with Crippen LogP contribution in [0.25, 0.3) is 0 Å². The maximum atomic E-state index is 13.2. The first-order valence-corrected chi connectivity index (χ1v) is 14.1. The van der Waals surface area contributed by atoms with Gasteiger partial charge in [-0.25, -0.2) is 9.55 Å². The normalized spacial score (nSPS) is 25.4. The van der Waals surface area contributed by atoms with E-state index in [2.05, 4.69) is 52.6 Å². The molecule has 4 N–H and O–H groups in total. The Kier molecular flexibility index (Phi) is 7.05. The van der Waals surface area contributed by atoms with Crippen molar-refractivity contribution in [3.8, 4) is 0 Å². The number of rotatable bonds is 8. The second-order valence-corrected chi connectivity index (χ2v) is 11.6. The van der Waals surface area contributed by atoms with E-state index in [1.165, 1.54) is 17.5 Å². The number of hydrogen-bond donors (Lipinski definition) is 4. The molecule has 194 valence electrons. The van der Waals surface area contributed by atoms with Gasteiger partial charge in [-0.3, -0.25) is 9.32 Å². The van der Waals surface area contributed by atoms with Crippen molar-refractivity contribution in [1.29, 1.82) is 0 Å². The number of aromatic nitrogens is 2. The Balaban J connectivity index is 1.28. The molecule has 1 aromatic heterocycles. The van der Waals surface area contributed by atoms with Crippen molar-refractivity contribution < 1.29 is 23.7 Å². The van der Waals surface area contributed by atoms with Crippen molar-refractivity contribution in [2.24, 2.45) is 11.8 Å². The highest BCUT2D eigenvalue weighted by Gasteiger charge is 2.46. The van der Waals surface area contributed by atoms with Crippen LogP contribution in [-0.2, 0) is 15.6 Å². The summed E-state index contributed by atoms with van der Waals surface area (Å²) in [5, 5.41) is 6.42. The number of piperidine rings is 1. The highest BCUT2D eigenvalue weighted by atomic mass is 31.2. The minimum Gasteiger partial charge on any atom is -0.365 e. The molecule has 0 spiro atoms. The largest absolute Gasteiger partial charge is 0.469 e. The molecule has 1 aromatic carbocycles. The van der Waals surface area contributed by atoms with Crippen molar-refractivity contribution in [3.05, 3.63) is 46.6 Å². The van der Waals surface area contributed by atoms with Crippen LogP contribution in [0.3, 0.4) is 0 Å². The van der Waals surface area contributed by atoms with Crippen LogP contribution in [0.15, 0.2) is 24.4 Å². The third kappa shape index (κ3) is 6.06. The van der Waals surface area contributed by atoms with Gasteiger partial charge < -0.3 is 25.3 Å². The zero-order valence-corrected chi connectivity index (χ0v) is 21.6. The quantitative estimate of drug-likeness (QED) is 0.390. The predicted molar refractivity (Wildman–Crippen MR) is 136 cm³/mol. The van der Waals surface area contributed by atoms with Gasteiger partial charge in [0.25, 0.3) is 5.91 Å². The smallest absolute Gasteiger partial charge is 0.365 e. The van der Waals surface area contributed by atoms with E-state index in [0.29, 0.717) is 49.6 Å². The van der Waals surface area contributed by atoms with Gasteiger partial charge >= 0.3 is 7.82 Å². The zero-order valence-electron chi connectivity index (χ0n) is 20.7. The van der Waals surface area contributed by atoms with Gasteiger partial charge in [0, 0.05) is 31.9 Å². The summed E-state index contributed by atoms with van der Waals surface area (Å²) < 4.78 is 15.9. The summed E-state index contributed by atoms with van der Waals surface area (Å²) in [6.07, 6.45) is 4.50. The van der Waals surface area contributed by atoms with Crippen molar-refractivity contribution in [2.45, 2.75) is 64.6 Å². The molecule has 0 bridgehead atoms. The molecule has 5 rings (SSSR count). The number of aryl methyl sites for hydroxylation is 2. The van der Waals surface area contributed by atoms with Crippen LogP contribution in [0.2, 0.25) is 0 Å². The molecule has 1 aliphatic heterocycles. The van der Waals surface area contributed by atoms with E-state index in [-0.39, 0.29) is 11.9 Å². The average molecular weight is 516 g/mol. The van der Waals surface area contributed by atoms with Gasteiger partial charge in [0.1, 0.15) is 11.4 Å². The average Bonchev–Trinajstić information content (AvgIpc) is 3.44. The topological polar surface area (TPSA) is 137 Å². The molecule has 2 heterocycles. The second kappa shape index (κ2) is 10.1. The summed E-state index contributed by atoms with van der Waals surface area (Å²) >= 11 is 0. The molecule has 2 aliphatic carbocycles. The van der Waals surface area contributed by atoms with Crippen LogP contribution in [0.1, 0.15) is 59.2 Å². The molecule has 1 saturated heterocycles. The number of carbonyl (C=O) groups excluding carboxylic acids is 1. The number of carbonyl (C=O) groups is 1. The first kappa shape index (κ1) is 25.1. The molecule has 3 aliphatic rings. The lowest BCUT2D eigenvalue weighted by atomic mass is 9.93. The molecule has 2 unspecified atom stereocenters.